The fraction of sp³-hybridized carbons (Fsp3) is 0.0938. The van der Waals surface area contributed by atoms with Gasteiger partial charge in [0, 0.05) is 36.1 Å². The maximum Gasteiger partial charge on any atom is 0.338 e. The number of primary amides is 1. The average Bonchev–Trinajstić information content (AvgIpc) is 3.48. The number of aromatic nitrogens is 3. The third kappa shape index (κ3) is 6.93. The van der Waals surface area contributed by atoms with Crippen molar-refractivity contribution in [3.05, 3.63) is 101 Å². The quantitative estimate of drug-likeness (QED) is 0.0820. The summed E-state index contributed by atoms with van der Waals surface area (Å²) >= 11 is 0. The summed E-state index contributed by atoms with van der Waals surface area (Å²) in [5.41, 5.74) is 11.3. The molecule has 2 aromatic heterocycles. The Morgan fingerprint density at radius 3 is 2.30 bits per heavy atom. The van der Waals surface area contributed by atoms with Gasteiger partial charge in [0.15, 0.2) is 11.5 Å². The van der Waals surface area contributed by atoms with Gasteiger partial charge in [0.05, 0.1) is 12.2 Å². The van der Waals surface area contributed by atoms with Crippen molar-refractivity contribution in [2.45, 2.75) is 6.92 Å². The number of imidazole rings is 1. The minimum atomic E-state index is -1.49. The van der Waals surface area contributed by atoms with Crippen LogP contribution in [0.4, 0.5) is 8.78 Å². The van der Waals surface area contributed by atoms with Gasteiger partial charge in [-0.05, 0) is 55.5 Å². The Balaban J connectivity index is 1.63. The lowest BCUT2D eigenvalue weighted by molar-refractivity contribution is 0.0526. The summed E-state index contributed by atoms with van der Waals surface area (Å²) in [5.74, 6) is -8.54. The topological polar surface area (TPSA) is 198 Å². The summed E-state index contributed by atoms with van der Waals surface area (Å²) < 4.78 is 55.6. The van der Waals surface area contributed by atoms with E-state index in [0.717, 1.165) is 30.3 Å². The smallest absolute Gasteiger partial charge is 0.338 e. The fourth-order valence-corrected chi connectivity index (χ4v) is 4.28. The second kappa shape index (κ2) is 13.2. The molecule has 0 fully saturated rings. The van der Waals surface area contributed by atoms with Crippen molar-refractivity contribution < 1.29 is 42.4 Å². The van der Waals surface area contributed by atoms with E-state index in [0.29, 0.717) is 11.4 Å². The average molecular weight is 645 g/mol. The monoisotopic (exact) mass is 644 g/mol. The third-order valence-electron chi connectivity index (χ3n) is 6.50. The van der Waals surface area contributed by atoms with Gasteiger partial charge in [0.1, 0.15) is 23.2 Å². The fourth-order valence-electron chi connectivity index (χ4n) is 4.28. The summed E-state index contributed by atoms with van der Waals surface area (Å²) in [5, 5.41) is 18.0. The molecule has 240 valence electrons. The minimum absolute atomic E-state index is 0.00382. The standard InChI is InChI=1S/C32H26F2N6O7/c1-3-44-32(43)19-11-18(28(37)42)13-21(14-19)45-26-24(33)30(46-20-6-4-5-17(12-20)29-38-9-10-40(29)2)39-31(25(26)34)47-23-15-16(27(35)36)7-8-22(23)41/h4-15,41H,3H2,1-2H3,(H3,35,36)(H2,37,42). The summed E-state index contributed by atoms with van der Waals surface area (Å²) in [6, 6.07) is 13.3. The third-order valence-corrected chi connectivity index (χ3v) is 6.50. The lowest BCUT2D eigenvalue weighted by Crippen LogP contribution is -2.13. The zero-order chi connectivity index (χ0) is 33.8. The maximum absolute atomic E-state index is 16.0. The van der Waals surface area contributed by atoms with Crippen molar-refractivity contribution in [1.29, 1.82) is 5.41 Å². The largest absolute Gasteiger partial charge is 0.504 e. The van der Waals surface area contributed by atoms with Crippen LogP contribution in [0, 0.1) is 17.0 Å². The number of nitrogens with two attached hydrogens (primary N) is 2. The van der Waals surface area contributed by atoms with Gasteiger partial charge in [-0.1, -0.05) is 12.1 Å². The lowest BCUT2D eigenvalue weighted by Gasteiger charge is -2.16. The second-order valence-electron chi connectivity index (χ2n) is 9.80. The molecule has 0 saturated heterocycles. The first-order chi connectivity index (χ1) is 22.4. The molecule has 0 aliphatic carbocycles. The molecular formula is C32H26F2N6O7. The summed E-state index contributed by atoms with van der Waals surface area (Å²) in [6.07, 6.45) is 3.32. The Morgan fingerprint density at radius 1 is 0.915 bits per heavy atom. The van der Waals surface area contributed by atoms with E-state index in [1.165, 1.54) is 18.2 Å². The van der Waals surface area contributed by atoms with Crippen molar-refractivity contribution in [2.24, 2.45) is 18.5 Å². The van der Waals surface area contributed by atoms with Gasteiger partial charge in [-0.25, -0.2) is 9.78 Å². The van der Waals surface area contributed by atoms with Crippen molar-refractivity contribution >= 4 is 17.7 Å². The first-order valence-corrected chi connectivity index (χ1v) is 13.7. The molecule has 0 atom stereocenters. The number of nitrogens with zero attached hydrogens (tertiary/aromatic N) is 3. The number of carbonyl (C=O) groups excluding carboxylic acids is 2. The van der Waals surface area contributed by atoms with Crippen LogP contribution >= 0.6 is 0 Å². The molecule has 0 spiro atoms. The van der Waals surface area contributed by atoms with Gasteiger partial charge >= 0.3 is 5.97 Å². The summed E-state index contributed by atoms with van der Waals surface area (Å²) in [4.78, 5) is 32.6. The van der Waals surface area contributed by atoms with Crippen LogP contribution in [-0.4, -0.2) is 44.0 Å². The predicted molar refractivity (Wildman–Crippen MR) is 163 cm³/mol. The molecule has 0 bridgehead atoms. The van der Waals surface area contributed by atoms with Crippen molar-refractivity contribution in [2.75, 3.05) is 6.61 Å². The van der Waals surface area contributed by atoms with Gasteiger partial charge in [-0.15, -0.1) is 0 Å². The number of phenolic OH excluding ortho intramolecular Hbond substituents is 1. The Labute approximate surface area is 265 Å². The number of amides is 1. The number of hydrogen-bond acceptors (Lipinski definition) is 10. The molecule has 3 aromatic carbocycles. The molecule has 15 heteroatoms. The Kier molecular flexibility index (Phi) is 8.98. The number of phenols is 1. The molecule has 13 nitrogen and oxygen atoms in total. The van der Waals surface area contributed by atoms with Crippen LogP contribution in [0.1, 0.15) is 33.2 Å². The highest BCUT2D eigenvalue weighted by Gasteiger charge is 2.27. The Bertz CT molecular complexity index is 2030. The molecule has 0 aliphatic heterocycles. The summed E-state index contributed by atoms with van der Waals surface area (Å²) in [7, 11) is 1.78. The van der Waals surface area contributed by atoms with Crippen LogP contribution in [0.25, 0.3) is 11.4 Å². The predicted octanol–water partition coefficient (Wildman–Crippen LogP) is 5.40. The van der Waals surface area contributed by atoms with Gasteiger partial charge in [0.2, 0.25) is 23.3 Å². The molecule has 47 heavy (non-hydrogen) atoms. The van der Waals surface area contributed by atoms with Crippen molar-refractivity contribution in [1.82, 2.24) is 14.5 Å². The molecule has 0 saturated carbocycles. The SMILES string of the molecule is CCOC(=O)c1cc(Oc2c(F)c(Oc3cccc(-c4nccn4C)c3)nc(Oc3cc(C(=N)N)ccc3O)c2F)cc(C(N)=O)c1. The summed E-state index contributed by atoms with van der Waals surface area (Å²) in [6.45, 7) is 1.57. The van der Waals surface area contributed by atoms with E-state index in [-0.39, 0.29) is 46.4 Å². The van der Waals surface area contributed by atoms with Crippen LogP contribution in [0.3, 0.4) is 0 Å². The highest BCUT2D eigenvalue weighted by atomic mass is 19.1. The van der Waals surface area contributed by atoms with Crippen LogP contribution in [0.15, 0.2) is 73.1 Å². The normalized spacial score (nSPS) is 10.7. The number of nitrogen functional groups attached to an aromatic ring is 1. The van der Waals surface area contributed by atoms with E-state index in [9.17, 15) is 14.7 Å². The van der Waals surface area contributed by atoms with Crippen molar-refractivity contribution in [3.8, 4) is 51.9 Å². The minimum Gasteiger partial charge on any atom is -0.504 e. The van der Waals surface area contributed by atoms with Crippen LogP contribution < -0.4 is 25.7 Å². The second-order valence-corrected chi connectivity index (χ2v) is 9.80. The number of nitrogens with one attached hydrogen (secondary N) is 1. The highest BCUT2D eigenvalue weighted by molar-refractivity contribution is 5.98. The number of halogens is 2. The van der Waals surface area contributed by atoms with E-state index in [1.54, 1.807) is 43.1 Å². The number of hydrogen-bond donors (Lipinski definition) is 4. The van der Waals surface area contributed by atoms with Gasteiger partial charge in [-0.2, -0.15) is 13.8 Å². The number of benzene rings is 3. The van der Waals surface area contributed by atoms with E-state index in [2.05, 4.69) is 9.97 Å². The Hall–Kier alpha value is -6.51. The van der Waals surface area contributed by atoms with Crippen LogP contribution in [-0.2, 0) is 11.8 Å². The van der Waals surface area contributed by atoms with Gasteiger partial charge < -0.3 is 40.1 Å². The number of esters is 1. The number of rotatable bonds is 11. The molecule has 5 rings (SSSR count). The lowest BCUT2D eigenvalue weighted by atomic mass is 10.1. The number of amidine groups is 1. The maximum atomic E-state index is 16.0. The van der Waals surface area contributed by atoms with E-state index < -0.39 is 46.8 Å². The number of carbonyl (C=O) groups is 2. The van der Waals surface area contributed by atoms with E-state index in [4.69, 9.17) is 35.8 Å². The first kappa shape index (κ1) is 31.9. The first-order valence-electron chi connectivity index (χ1n) is 13.7. The Morgan fingerprint density at radius 2 is 1.64 bits per heavy atom. The number of aryl methyl sites for hydroxylation is 1. The molecule has 0 radical (unpaired) electrons. The van der Waals surface area contributed by atoms with E-state index >= 15 is 8.78 Å². The zero-order valence-corrected chi connectivity index (χ0v) is 24.8. The van der Waals surface area contributed by atoms with Gasteiger partial charge in [0.25, 0.3) is 11.8 Å². The molecular weight excluding hydrogens is 618 g/mol. The zero-order valence-electron chi connectivity index (χ0n) is 24.8. The molecule has 0 unspecified atom stereocenters. The van der Waals surface area contributed by atoms with Crippen molar-refractivity contribution in [3.63, 3.8) is 0 Å². The molecule has 1 amide bonds. The number of aromatic hydroxyl groups is 1. The highest BCUT2D eigenvalue weighted by Crippen LogP contribution is 2.41. The molecule has 6 N–H and O–H groups in total. The molecule has 2 heterocycles. The van der Waals surface area contributed by atoms with Gasteiger partial charge in [-0.3, -0.25) is 10.2 Å². The molecule has 0 aliphatic rings. The number of ether oxygens (including phenoxy) is 4. The molecule has 5 aromatic rings. The number of pyridine rings is 1. The van der Waals surface area contributed by atoms with Crippen LogP contribution in [0.5, 0.6) is 40.5 Å². The van der Waals surface area contributed by atoms with Crippen LogP contribution in [0.2, 0.25) is 0 Å². The van der Waals surface area contributed by atoms with E-state index in [1.807, 2.05) is 0 Å².